The monoisotopic (exact) mass is 324 g/mol. The van der Waals surface area contributed by atoms with Crippen LogP contribution < -0.4 is 10.2 Å². The quantitative estimate of drug-likeness (QED) is 0.382. The number of aliphatic imine (C=N–C) groups is 1. The second-order valence-corrected chi connectivity index (χ2v) is 7.61. The maximum absolute atomic E-state index is 11.4. The fourth-order valence-electron chi connectivity index (χ4n) is 2.00. The molecule has 0 atom stereocenters. The lowest BCUT2D eigenvalue weighted by Gasteiger charge is -2.28. The lowest BCUT2D eigenvalue weighted by molar-refractivity contribution is 0.587. The smallest absolute Gasteiger partial charge is 0.183 e. The molecule has 1 saturated heterocycles. The number of amidine groups is 1. The van der Waals surface area contributed by atoms with Gasteiger partial charge in [0.15, 0.2) is 21.2 Å². The molecule has 0 saturated carbocycles. The lowest BCUT2D eigenvalue weighted by atomic mass is 10.2. The maximum atomic E-state index is 11.4. The van der Waals surface area contributed by atoms with Crippen molar-refractivity contribution in [1.29, 1.82) is 5.26 Å². The minimum Gasteiger partial charge on any atom is -0.369 e. The van der Waals surface area contributed by atoms with E-state index in [0.717, 1.165) is 11.4 Å². The van der Waals surface area contributed by atoms with Crippen LogP contribution in [0.15, 0.2) is 29.3 Å². The Hall–Kier alpha value is -1.72. The van der Waals surface area contributed by atoms with Gasteiger partial charge in [0.25, 0.3) is 0 Å². The number of nitrogens with zero attached hydrogens (tertiary/aromatic N) is 3. The molecule has 0 bridgehead atoms. The largest absolute Gasteiger partial charge is 0.369 e. The molecule has 0 aromatic heterocycles. The summed E-state index contributed by atoms with van der Waals surface area (Å²) in [5.41, 5.74) is 1.73. The number of rotatable bonds is 2. The lowest BCUT2D eigenvalue weighted by Crippen LogP contribution is -2.40. The Morgan fingerprint density at radius 1 is 1.33 bits per heavy atom. The van der Waals surface area contributed by atoms with Gasteiger partial charge in [-0.2, -0.15) is 5.26 Å². The van der Waals surface area contributed by atoms with Crippen LogP contribution in [0.25, 0.3) is 0 Å². The molecule has 0 amide bonds. The van der Waals surface area contributed by atoms with Gasteiger partial charge in [-0.1, -0.05) is 11.8 Å². The van der Waals surface area contributed by atoms with E-state index in [-0.39, 0.29) is 11.5 Å². The third-order valence-corrected chi connectivity index (χ3v) is 5.34. The molecule has 1 aliphatic heterocycles. The summed E-state index contributed by atoms with van der Waals surface area (Å²) in [6.07, 6.45) is 3.68. The Kier molecular flexibility index (Phi) is 5.09. The molecule has 0 unspecified atom stereocenters. The number of nitrogens with one attached hydrogen (secondary N) is 1. The summed E-state index contributed by atoms with van der Waals surface area (Å²) in [7, 11) is -2.86. The minimum atomic E-state index is -2.86. The predicted molar refractivity (Wildman–Crippen MR) is 86.7 cm³/mol. The first-order chi connectivity index (χ1) is 10.0. The molecule has 2 rings (SSSR count). The van der Waals surface area contributed by atoms with Crippen molar-refractivity contribution in [1.82, 2.24) is 5.32 Å². The number of thioether (sulfide) groups is 1. The van der Waals surface area contributed by atoms with E-state index in [2.05, 4.69) is 15.2 Å². The summed E-state index contributed by atoms with van der Waals surface area (Å²) in [5, 5.41) is 11.6. The molecular formula is C13H16N4O2S2. The van der Waals surface area contributed by atoms with E-state index in [1.807, 2.05) is 36.7 Å². The number of nitriles is 1. The molecule has 1 fully saturated rings. The summed E-state index contributed by atoms with van der Waals surface area (Å²) in [6.45, 7) is 1.05. The zero-order valence-corrected chi connectivity index (χ0v) is 13.2. The van der Waals surface area contributed by atoms with E-state index in [1.165, 1.54) is 11.8 Å². The fraction of sp³-hybridized carbons (Fsp3) is 0.385. The number of anilines is 1. The first kappa shape index (κ1) is 15.7. The zero-order chi connectivity index (χ0) is 15.3. The molecule has 21 heavy (non-hydrogen) atoms. The Morgan fingerprint density at radius 3 is 2.48 bits per heavy atom. The first-order valence-electron chi connectivity index (χ1n) is 6.37. The molecule has 112 valence electrons. The van der Waals surface area contributed by atoms with Crippen LogP contribution in [0.1, 0.15) is 0 Å². The summed E-state index contributed by atoms with van der Waals surface area (Å²) >= 11 is 1.36. The van der Waals surface area contributed by atoms with Crippen LogP contribution in [0, 0.1) is 11.5 Å². The van der Waals surface area contributed by atoms with Crippen LogP contribution in [-0.4, -0.2) is 44.4 Å². The molecule has 8 heteroatoms. The van der Waals surface area contributed by atoms with Crippen molar-refractivity contribution < 1.29 is 8.42 Å². The molecule has 1 aliphatic rings. The van der Waals surface area contributed by atoms with Crippen LogP contribution in [0.3, 0.4) is 0 Å². The molecule has 0 aliphatic carbocycles. The SMILES string of the molecule is CSC(=Nc1ccc(N2CCS(=O)(=O)CC2)cc1)NC#N. The van der Waals surface area contributed by atoms with Gasteiger partial charge in [-0.3, -0.25) is 5.32 Å². The van der Waals surface area contributed by atoms with E-state index in [4.69, 9.17) is 5.26 Å². The molecular weight excluding hydrogens is 308 g/mol. The summed E-state index contributed by atoms with van der Waals surface area (Å²) < 4.78 is 22.8. The van der Waals surface area contributed by atoms with Gasteiger partial charge in [-0.15, -0.1) is 0 Å². The molecule has 1 aromatic rings. The highest BCUT2D eigenvalue weighted by atomic mass is 32.2. The van der Waals surface area contributed by atoms with Gasteiger partial charge in [0.1, 0.15) is 0 Å². The molecule has 1 aromatic carbocycles. The highest BCUT2D eigenvalue weighted by Gasteiger charge is 2.21. The van der Waals surface area contributed by atoms with Crippen molar-refractivity contribution in [2.24, 2.45) is 4.99 Å². The number of hydrogen-bond donors (Lipinski definition) is 1. The number of benzene rings is 1. The second-order valence-electron chi connectivity index (χ2n) is 4.51. The van der Waals surface area contributed by atoms with Gasteiger partial charge in [0.05, 0.1) is 17.2 Å². The number of hydrogen-bond acceptors (Lipinski definition) is 6. The Morgan fingerprint density at radius 2 is 1.95 bits per heavy atom. The van der Waals surface area contributed by atoms with E-state index in [1.54, 1.807) is 0 Å². The minimum absolute atomic E-state index is 0.204. The highest BCUT2D eigenvalue weighted by molar-refractivity contribution is 8.13. The summed E-state index contributed by atoms with van der Waals surface area (Å²) in [6, 6.07) is 7.55. The Labute approximate surface area is 128 Å². The van der Waals surface area contributed by atoms with Crippen molar-refractivity contribution in [3.63, 3.8) is 0 Å². The number of sulfone groups is 1. The highest BCUT2D eigenvalue weighted by Crippen LogP contribution is 2.22. The van der Waals surface area contributed by atoms with Crippen molar-refractivity contribution in [3.8, 4) is 6.19 Å². The second kappa shape index (κ2) is 6.83. The molecule has 1 N–H and O–H groups in total. The topological polar surface area (TPSA) is 85.6 Å². The standard InChI is InChI=1S/C13H16N4O2S2/c1-20-13(15-10-14)16-11-2-4-12(5-3-11)17-6-8-21(18,19)9-7-17/h2-5H,6-9H2,1H3,(H,15,16). The maximum Gasteiger partial charge on any atom is 0.183 e. The van der Waals surface area contributed by atoms with Gasteiger partial charge in [0.2, 0.25) is 0 Å². The van der Waals surface area contributed by atoms with Gasteiger partial charge in [0, 0.05) is 18.8 Å². The third kappa shape index (κ3) is 4.37. The van der Waals surface area contributed by atoms with Crippen LogP contribution in [0.4, 0.5) is 11.4 Å². The summed E-state index contributed by atoms with van der Waals surface area (Å²) in [4.78, 5) is 6.36. The van der Waals surface area contributed by atoms with E-state index in [0.29, 0.717) is 18.3 Å². The van der Waals surface area contributed by atoms with Crippen molar-refractivity contribution in [2.75, 3.05) is 35.8 Å². The van der Waals surface area contributed by atoms with Crippen molar-refractivity contribution in [2.45, 2.75) is 0 Å². The van der Waals surface area contributed by atoms with Crippen molar-refractivity contribution >= 4 is 38.1 Å². The fourth-order valence-corrected chi connectivity index (χ4v) is 3.54. The van der Waals surface area contributed by atoms with Gasteiger partial charge >= 0.3 is 0 Å². The van der Waals surface area contributed by atoms with E-state index in [9.17, 15) is 8.42 Å². The van der Waals surface area contributed by atoms with E-state index >= 15 is 0 Å². The average Bonchev–Trinajstić information content (AvgIpc) is 2.48. The zero-order valence-electron chi connectivity index (χ0n) is 11.6. The molecule has 1 heterocycles. The normalized spacial score (nSPS) is 18.1. The Balaban J connectivity index is 2.08. The van der Waals surface area contributed by atoms with Gasteiger partial charge in [-0.25, -0.2) is 13.4 Å². The first-order valence-corrected chi connectivity index (χ1v) is 9.42. The van der Waals surface area contributed by atoms with Gasteiger partial charge < -0.3 is 4.90 Å². The van der Waals surface area contributed by atoms with Crippen LogP contribution >= 0.6 is 11.8 Å². The molecule has 0 spiro atoms. The van der Waals surface area contributed by atoms with Gasteiger partial charge in [-0.05, 0) is 30.5 Å². The summed E-state index contributed by atoms with van der Waals surface area (Å²) in [5.74, 6) is 0.408. The van der Waals surface area contributed by atoms with E-state index < -0.39 is 9.84 Å². The molecule has 6 nitrogen and oxygen atoms in total. The van der Waals surface area contributed by atoms with Crippen LogP contribution in [0.5, 0.6) is 0 Å². The average molecular weight is 324 g/mol. The molecule has 0 radical (unpaired) electrons. The van der Waals surface area contributed by atoms with Crippen LogP contribution in [0.2, 0.25) is 0 Å². The van der Waals surface area contributed by atoms with Crippen molar-refractivity contribution in [3.05, 3.63) is 24.3 Å². The predicted octanol–water partition coefficient (Wildman–Crippen LogP) is 1.34. The van der Waals surface area contributed by atoms with Crippen LogP contribution in [-0.2, 0) is 9.84 Å². The third-order valence-electron chi connectivity index (χ3n) is 3.15. The Bertz CT molecular complexity index is 648.